The molecular weight excluding hydrogens is 466 g/mol. The lowest BCUT2D eigenvalue weighted by Crippen LogP contribution is -2.50. The second kappa shape index (κ2) is 14.0. The van der Waals surface area contributed by atoms with Crippen molar-refractivity contribution in [2.75, 3.05) is 13.1 Å². The van der Waals surface area contributed by atoms with Crippen LogP contribution in [-0.4, -0.2) is 29.9 Å². The highest BCUT2D eigenvalue weighted by Crippen LogP contribution is 2.33. The van der Waals surface area contributed by atoms with Gasteiger partial charge in [0.2, 0.25) is 5.91 Å². The van der Waals surface area contributed by atoms with Gasteiger partial charge in [0.15, 0.2) is 0 Å². The van der Waals surface area contributed by atoms with Crippen LogP contribution < -0.4 is 5.32 Å². The van der Waals surface area contributed by atoms with Crippen molar-refractivity contribution in [2.24, 2.45) is 17.8 Å². The number of amides is 1. The fraction of sp³-hybridized carbons (Fsp3) is 0.594. The van der Waals surface area contributed by atoms with E-state index in [1.807, 2.05) is 6.07 Å². The molecule has 2 aromatic carbocycles. The summed E-state index contributed by atoms with van der Waals surface area (Å²) in [7, 11) is 0. The standard InChI is InChI=1S/C32H44F2N2O/c1-2-3-5-9-24-13-15-27(16-14-24)32(37)35-31(20-26-18-29(33)21-30(34)19-26)28-12-8-17-36(23-28)22-25-10-6-4-7-11-25/h4,6-7,10-11,18-19,21,24,27-28,31H,2-3,5,8-9,12-17,20,22-23H2,1H3,(H,35,37). The van der Waals surface area contributed by atoms with Crippen molar-refractivity contribution in [1.29, 1.82) is 0 Å². The van der Waals surface area contributed by atoms with Crippen molar-refractivity contribution in [3.05, 3.63) is 71.3 Å². The van der Waals surface area contributed by atoms with Crippen molar-refractivity contribution >= 4 is 5.91 Å². The molecule has 0 radical (unpaired) electrons. The first-order chi connectivity index (χ1) is 18.0. The van der Waals surface area contributed by atoms with Gasteiger partial charge in [-0.05, 0) is 86.6 Å². The van der Waals surface area contributed by atoms with Crippen LogP contribution in [0, 0.1) is 29.4 Å². The van der Waals surface area contributed by atoms with E-state index in [1.54, 1.807) is 0 Å². The van der Waals surface area contributed by atoms with Crippen LogP contribution in [-0.2, 0) is 17.8 Å². The first-order valence-electron chi connectivity index (χ1n) is 14.5. The Bertz CT molecular complexity index is 954. The Morgan fingerprint density at radius 1 is 0.973 bits per heavy atom. The number of hydrogen-bond acceptors (Lipinski definition) is 2. The average molecular weight is 511 g/mol. The lowest BCUT2D eigenvalue weighted by atomic mass is 9.79. The highest BCUT2D eigenvalue weighted by atomic mass is 19.1. The Hall–Kier alpha value is -2.27. The van der Waals surface area contributed by atoms with Gasteiger partial charge in [0.1, 0.15) is 11.6 Å². The van der Waals surface area contributed by atoms with Crippen LogP contribution >= 0.6 is 0 Å². The van der Waals surface area contributed by atoms with Crippen molar-refractivity contribution < 1.29 is 13.6 Å². The zero-order valence-corrected chi connectivity index (χ0v) is 22.4. The highest BCUT2D eigenvalue weighted by Gasteiger charge is 2.32. The van der Waals surface area contributed by atoms with E-state index in [-0.39, 0.29) is 23.8 Å². The predicted molar refractivity (Wildman–Crippen MR) is 146 cm³/mol. The summed E-state index contributed by atoms with van der Waals surface area (Å²) >= 11 is 0. The van der Waals surface area contributed by atoms with Gasteiger partial charge in [-0.3, -0.25) is 9.69 Å². The van der Waals surface area contributed by atoms with Crippen molar-refractivity contribution in [2.45, 2.75) is 90.1 Å². The zero-order chi connectivity index (χ0) is 26.0. The van der Waals surface area contributed by atoms with Gasteiger partial charge < -0.3 is 5.32 Å². The van der Waals surface area contributed by atoms with E-state index in [4.69, 9.17) is 0 Å². The number of carbonyl (C=O) groups excluding carboxylic acids is 1. The largest absolute Gasteiger partial charge is 0.352 e. The minimum absolute atomic E-state index is 0.0539. The minimum Gasteiger partial charge on any atom is -0.352 e. The van der Waals surface area contributed by atoms with E-state index in [9.17, 15) is 13.6 Å². The molecule has 1 aliphatic carbocycles. The molecule has 202 valence electrons. The monoisotopic (exact) mass is 510 g/mol. The second-order valence-corrected chi connectivity index (χ2v) is 11.4. The zero-order valence-electron chi connectivity index (χ0n) is 22.4. The second-order valence-electron chi connectivity index (χ2n) is 11.4. The normalized spacial score (nSPS) is 23.5. The Labute approximate surface area is 222 Å². The fourth-order valence-corrected chi connectivity index (χ4v) is 6.42. The SMILES string of the molecule is CCCCCC1CCC(C(=O)NC(Cc2cc(F)cc(F)c2)C2CCCN(Cc3ccccc3)C2)CC1. The summed E-state index contributed by atoms with van der Waals surface area (Å²) in [4.78, 5) is 15.9. The molecule has 5 heteroatoms. The minimum atomic E-state index is -0.559. The molecule has 2 unspecified atom stereocenters. The molecule has 0 bridgehead atoms. The molecule has 4 rings (SSSR count). The van der Waals surface area contributed by atoms with Crippen molar-refractivity contribution in [3.63, 3.8) is 0 Å². The molecule has 2 atom stereocenters. The van der Waals surface area contributed by atoms with Gasteiger partial charge in [-0.1, -0.05) is 62.9 Å². The number of rotatable bonds is 11. The van der Waals surface area contributed by atoms with Crippen LogP contribution in [0.25, 0.3) is 0 Å². The smallest absolute Gasteiger partial charge is 0.223 e. The molecule has 2 aliphatic rings. The molecule has 1 amide bonds. The number of nitrogens with one attached hydrogen (secondary N) is 1. The summed E-state index contributed by atoms with van der Waals surface area (Å²) in [5, 5.41) is 3.38. The molecule has 2 aromatic rings. The Kier molecular flexibility index (Phi) is 10.5. The Morgan fingerprint density at radius 2 is 1.70 bits per heavy atom. The topological polar surface area (TPSA) is 32.3 Å². The molecule has 1 N–H and O–H groups in total. The van der Waals surface area contributed by atoms with E-state index >= 15 is 0 Å². The molecule has 37 heavy (non-hydrogen) atoms. The van der Waals surface area contributed by atoms with Gasteiger partial charge in [-0.25, -0.2) is 8.78 Å². The van der Waals surface area contributed by atoms with Crippen LogP contribution in [0.1, 0.15) is 82.3 Å². The average Bonchev–Trinajstić information content (AvgIpc) is 2.89. The van der Waals surface area contributed by atoms with Gasteiger partial charge >= 0.3 is 0 Å². The lowest BCUT2D eigenvalue weighted by molar-refractivity contribution is -0.127. The number of likely N-dealkylation sites (tertiary alicyclic amines) is 1. The number of unbranched alkanes of at least 4 members (excludes halogenated alkanes) is 2. The number of halogens is 2. The fourth-order valence-electron chi connectivity index (χ4n) is 6.42. The number of nitrogens with zero attached hydrogens (tertiary/aromatic N) is 1. The van der Waals surface area contributed by atoms with Gasteiger partial charge in [0, 0.05) is 31.1 Å². The molecule has 1 saturated heterocycles. The first-order valence-corrected chi connectivity index (χ1v) is 14.5. The van der Waals surface area contributed by atoms with E-state index in [0.29, 0.717) is 12.0 Å². The Balaban J connectivity index is 1.41. The van der Waals surface area contributed by atoms with E-state index in [1.165, 1.54) is 43.4 Å². The summed E-state index contributed by atoms with van der Waals surface area (Å²) < 4.78 is 28.0. The molecule has 3 nitrogen and oxygen atoms in total. The summed E-state index contributed by atoms with van der Waals surface area (Å²) in [6.45, 7) is 5.03. The summed E-state index contributed by atoms with van der Waals surface area (Å²) in [5.74, 6) is 0.0727. The van der Waals surface area contributed by atoms with E-state index in [0.717, 1.165) is 70.1 Å². The summed E-state index contributed by atoms with van der Waals surface area (Å²) in [5.41, 5.74) is 1.90. The van der Waals surface area contributed by atoms with Crippen LogP contribution in [0.5, 0.6) is 0 Å². The maximum atomic E-state index is 14.0. The number of benzene rings is 2. The van der Waals surface area contributed by atoms with Gasteiger partial charge in [0.25, 0.3) is 0 Å². The van der Waals surface area contributed by atoms with Crippen molar-refractivity contribution in [1.82, 2.24) is 10.2 Å². The van der Waals surface area contributed by atoms with Crippen LogP contribution in [0.3, 0.4) is 0 Å². The molecule has 1 heterocycles. The maximum Gasteiger partial charge on any atom is 0.223 e. The van der Waals surface area contributed by atoms with Crippen LogP contribution in [0.4, 0.5) is 8.78 Å². The van der Waals surface area contributed by atoms with E-state index in [2.05, 4.69) is 41.4 Å². The quantitative estimate of drug-likeness (QED) is 0.322. The predicted octanol–water partition coefficient (Wildman–Crippen LogP) is 7.29. The Morgan fingerprint density at radius 3 is 2.41 bits per heavy atom. The highest BCUT2D eigenvalue weighted by molar-refractivity contribution is 5.79. The number of carbonyl (C=O) groups is 1. The molecule has 1 saturated carbocycles. The molecule has 1 aliphatic heterocycles. The van der Waals surface area contributed by atoms with E-state index < -0.39 is 11.6 Å². The molecule has 0 spiro atoms. The first kappa shape index (κ1) is 27.8. The molecule has 2 fully saturated rings. The third-order valence-electron chi connectivity index (χ3n) is 8.50. The lowest BCUT2D eigenvalue weighted by Gasteiger charge is -2.38. The van der Waals surface area contributed by atoms with Crippen LogP contribution in [0.15, 0.2) is 48.5 Å². The summed E-state index contributed by atoms with van der Waals surface area (Å²) in [6, 6.07) is 14.1. The van der Waals surface area contributed by atoms with Crippen molar-refractivity contribution in [3.8, 4) is 0 Å². The van der Waals surface area contributed by atoms with Gasteiger partial charge in [-0.15, -0.1) is 0 Å². The molecule has 0 aromatic heterocycles. The van der Waals surface area contributed by atoms with Gasteiger partial charge in [-0.2, -0.15) is 0 Å². The summed E-state index contributed by atoms with van der Waals surface area (Å²) in [6.07, 6.45) is 11.8. The number of hydrogen-bond donors (Lipinski definition) is 1. The number of piperidine rings is 1. The third-order valence-corrected chi connectivity index (χ3v) is 8.50. The molecular formula is C32H44F2N2O. The van der Waals surface area contributed by atoms with Gasteiger partial charge in [0.05, 0.1) is 0 Å². The van der Waals surface area contributed by atoms with Crippen LogP contribution in [0.2, 0.25) is 0 Å². The maximum absolute atomic E-state index is 14.0. The third kappa shape index (κ3) is 8.63.